The van der Waals surface area contributed by atoms with Crippen molar-refractivity contribution in [2.45, 2.75) is 76.9 Å². The normalized spacial score (nSPS) is 30.5. The number of nitrogens with zero attached hydrogens (tertiary/aromatic N) is 2. The summed E-state index contributed by atoms with van der Waals surface area (Å²) in [4.78, 5) is 19.6. The molecule has 0 unspecified atom stereocenters. The van der Waals surface area contributed by atoms with Crippen molar-refractivity contribution < 1.29 is 27.4 Å². The predicted molar refractivity (Wildman–Crippen MR) is 116 cm³/mol. The van der Waals surface area contributed by atoms with Gasteiger partial charge in [-0.25, -0.2) is 0 Å². The minimum atomic E-state index is -4.44. The Morgan fingerprint density at radius 1 is 1.36 bits per heavy atom. The summed E-state index contributed by atoms with van der Waals surface area (Å²) in [5.74, 6) is 0.186. The van der Waals surface area contributed by atoms with Gasteiger partial charge in [0.05, 0.1) is 23.7 Å². The number of alkyl halides is 3. The Bertz CT molecular complexity index is 863. The van der Waals surface area contributed by atoms with E-state index in [0.717, 1.165) is 37.9 Å². The van der Waals surface area contributed by atoms with Gasteiger partial charge in [-0.1, -0.05) is 13.8 Å². The molecule has 1 aliphatic carbocycles. The van der Waals surface area contributed by atoms with Gasteiger partial charge in [0, 0.05) is 57.2 Å². The van der Waals surface area contributed by atoms with Crippen LogP contribution in [-0.4, -0.2) is 60.8 Å². The molecule has 9 heteroatoms. The third-order valence-corrected chi connectivity index (χ3v) is 7.79. The number of halogens is 3. The van der Waals surface area contributed by atoms with E-state index in [0.29, 0.717) is 37.4 Å². The minimum absolute atomic E-state index is 0.00238. The van der Waals surface area contributed by atoms with Crippen molar-refractivity contribution in [1.29, 1.82) is 0 Å². The first kappa shape index (κ1) is 24.4. The van der Waals surface area contributed by atoms with Gasteiger partial charge in [-0.3, -0.25) is 9.78 Å². The smallest absolute Gasteiger partial charge is 0.379 e. The highest BCUT2D eigenvalue weighted by Crippen LogP contribution is 2.47. The van der Waals surface area contributed by atoms with Crippen LogP contribution >= 0.6 is 0 Å². The second-order valence-electron chi connectivity index (χ2n) is 9.97. The molecule has 1 saturated carbocycles. The van der Waals surface area contributed by atoms with Crippen molar-refractivity contribution in [1.82, 2.24) is 15.2 Å². The van der Waals surface area contributed by atoms with Crippen molar-refractivity contribution in [3.8, 4) is 0 Å². The van der Waals surface area contributed by atoms with Crippen LogP contribution < -0.4 is 5.32 Å². The lowest BCUT2D eigenvalue weighted by Gasteiger charge is -2.40. The van der Waals surface area contributed by atoms with Crippen LogP contribution in [0.15, 0.2) is 12.3 Å². The van der Waals surface area contributed by atoms with E-state index in [1.54, 1.807) is 12.0 Å². The number of ether oxygens (including phenoxy) is 2. The van der Waals surface area contributed by atoms with E-state index in [1.165, 1.54) is 0 Å². The maximum atomic E-state index is 13.8. The summed E-state index contributed by atoms with van der Waals surface area (Å²) < 4.78 is 50.6. The molecule has 4 atom stereocenters. The van der Waals surface area contributed by atoms with E-state index in [1.807, 2.05) is 0 Å². The van der Waals surface area contributed by atoms with Gasteiger partial charge in [0.25, 0.3) is 0 Å². The van der Waals surface area contributed by atoms with Crippen LogP contribution in [0, 0.1) is 11.3 Å². The highest BCUT2D eigenvalue weighted by Gasteiger charge is 2.50. The molecule has 0 spiro atoms. The van der Waals surface area contributed by atoms with Crippen molar-refractivity contribution in [3.05, 3.63) is 29.1 Å². The SMILES string of the molecule is CO[C@@H]1COCC[C@H]1N[C@H]1CC[C@](C(=O)N2CCc3ncc(C(F)(F)F)cc3C2)(C(C)C)C1. The Labute approximate surface area is 193 Å². The summed E-state index contributed by atoms with van der Waals surface area (Å²) in [6, 6.07) is 1.55. The number of aromatic nitrogens is 1. The maximum absolute atomic E-state index is 13.8. The van der Waals surface area contributed by atoms with Crippen LogP contribution in [0.5, 0.6) is 0 Å². The van der Waals surface area contributed by atoms with Crippen molar-refractivity contribution >= 4 is 5.91 Å². The second-order valence-corrected chi connectivity index (χ2v) is 9.97. The van der Waals surface area contributed by atoms with Gasteiger partial charge in [-0.2, -0.15) is 13.2 Å². The number of rotatable bonds is 5. The molecule has 0 aromatic carbocycles. The van der Waals surface area contributed by atoms with E-state index in [4.69, 9.17) is 9.47 Å². The van der Waals surface area contributed by atoms with E-state index in [2.05, 4.69) is 24.1 Å². The molecule has 2 fully saturated rings. The number of hydrogen-bond donors (Lipinski definition) is 1. The molecule has 33 heavy (non-hydrogen) atoms. The zero-order valence-electron chi connectivity index (χ0n) is 19.6. The lowest BCUT2D eigenvalue weighted by atomic mass is 9.74. The largest absolute Gasteiger partial charge is 0.417 e. The first-order chi connectivity index (χ1) is 15.6. The molecule has 1 saturated heterocycles. The Hall–Kier alpha value is -1.71. The van der Waals surface area contributed by atoms with E-state index in [9.17, 15) is 18.0 Å². The number of pyridine rings is 1. The lowest BCUT2D eigenvalue weighted by Crippen LogP contribution is -2.52. The molecular weight excluding hydrogens is 435 g/mol. The van der Waals surface area contributed by atoms with Gasteiger partial charge in [-0.05, 0) is 43.2 Å². The topological polar surface area (TPSA) is 63.7 Å². The predicted octanol–water partition coefficient (Wildman–Crippen LogP) is 3.57. The Morgan fingerprint density at radius 2 is 2.15 bits per heavy atom. The monoisotopic (exact) mass is 469 g/mol. The molecule has 0 radical (unpaired) electrons. The van der Waals surface area contributed by atoms with Crippen LogP contribution in [-0.2, 0) is 33.4 Å². The number of carbonyl (C=O) groups is 1. The summed E-state index contributed by atoms with van der Waals surface area (Å²) in [6.45, 7) is 6.09. The van der Waals surface area contributed by atoms with E-state index in [-0.39, 0.29) is 36.6 Å². The minimum Gasteiger partial charge on any atom is -0.379 e. The zero-order chi connectivity index (χ0) is 23.8. The first-order valence-corrected chi connectivity index (χ1v) is 11.8. The molecular formula is C24H34F3N3O3. The van der Waals surface area contributed by atoms with Crippen LogP contribution in [0.4, 0.5) is 13.2 Å². The molecule has 1 aromatic heterocycles. The van der Waals surface area contributed by atoms with Gasteiger partial charge in [-0.15, -0.1) is 0 Å². The zero-order valence-corrected chi connectivity index (χ0v) is 19.6. The molecule has 1 aromatic rings. The fourth-order valence-electron chi connectivity index (χ4n) is 5.69. The average molecular weight is 470 g/mol. The summed E-state index contributed by atoms with van der Waals surface area (Å²) in [5, 5.41) is 3.72. The Morgan fingerprint density at radius 3 is 2.85 bits per heavy atom. The van der Waals surface area contributed by atoms with Gasteiger partial charge < -0.3 is 19.7 Å². The number of carbonyl (C=O) groups excluding carboxylic acids is 1. The summed E-state index contributed by atoms with van der Waals surface area (Å²) in [7, 11) is 1.69. The van der Waals surface area contributed by atoms with Crippen molar-refractivity contribution in [3.63, 3.8) is 0 Å². The molecule has 3 aliphatic rings. The summed E-state index contributed by atoms with van der Waals surface area (Å²) >= 11 is 0. The van der Waals surface area contributed by atoms with Gasteiger partial charge in [0.2, 0.25) is 5.91 Å². The average Bonchev–Trinajstić information content (AvgIpc) is 3.23. The molecule has 1 N–H and O–H groups in total. The van der Waals surface area contributed by atoms with E-state index >= 15 is 0 Å². The molecule has 1 amide bonds. The third-order valence-electron chi connectivity index (χ3n) is 7.79. The number of amides is 1. The summed E-state index contributed by atoms with van der Waals surface area (Å²) in [6.07, 6.45) is 0.180. The number of hydrogen-bond acceptors (Lipinski definition) is 5. The number of nitrogens with one attached hydrogen (secondary N) is 1. The fourth-order valence-corrected chi connectivity index (χ4v) is 5.69. The van der Waals surface area contributed by atoms with Gasteiger partial charge >= 0.3 is 6.18 Å². The maximum Gasteiger partial charge on any atom is 0.417 e. The molecule has 184 valence electrons. The Kier molecular flexibility index (Phi) is 7.03. The first-order valence-electron chi connectivity index (χ1n) is 11.8. The van der Waals surface area contributed by atoms with E-state index < -0.39 is 17.2 Å². The van der Waals surface area contributed by atoms with Crippen LogP contribution in [0.25, 0.3) is 0 Å². The number of methoxy groups -OCH3 is 1. The molecule has 3 heterocycles. The molecule has 2 aliphatic heterocycles. The lowest BCUT2D eigenvalue weighted by molar-refractivity contribution is -0.146. The quantitative estimate of drug-likeness (QED) is 0.714. The Balaban J connectivity index is 1.48. The third kappa shape index (κ3) is 4.91. The van der Waals surface area contributed by atoms with Gasteiger partial charge in [0.15, 0.2) is 0 Å². The molecule has 6 nitrogen and oxygen atoms in total. The highest BCUT2D eigenvalue weighted by atomic mass is 19.4. The second kappa shape index (κ2) is 9.50. The highest BCUT2D eigenvalue weighted by molar-refractivity contribution is 5.83. The van der Waals surface area contributed by atoms with Crippen LogP contribution in [0.2, 0.25) is 0 Å². The standard InChI is InChI=1S/C24H34F3N3O3/c1-15(2)23(7-4-18(11-23)29-20-6-9-33-14-21(20)32-3)22(31)30-8-5-19-16(13-30)10-17(12-28-19)24(25,26)27/h10,12,15,18,20-21,29H,4-9,11,13-14H2,1-3H3/t18-,20+,21+,23+/m0/s1. The fraction of sp³-hybridized carbons (Fsp3) is 0.750. The van der Waals surface area contributed by atoms with Crippen molar-refractivity contribution in [2.75, 3.05) is 26.9 Å². The van der Waals surface area contributed by atoms with Gasteiger partial charge in [0.1, 0.15) is 0 Å². The number of fused-ring (bicyclic) bond motifs is 1. The molecule has 0 bridgehead atoms. The van der Waals surface area contributed by atoms with Crippen LogP contribution in [0.1, 0.15) is 56.4 Å². The molecule has 4 rings (SSSR count). The van der Waals surface area contributed by atoms with Crippen molar-refractivity contribution in [2.24, 2.45) is 11.3 Å². The summed E-state index contributed by atoms with van der Waals surface area (Å²) in [5.41, 5.74) is -0.121. The van der Waals surface area contributed by atoms with Crippen LogP contribution in [0.3, 0.4) is 0 Å².